The number of methoxy groups -OCH3 is 1. The number of nitrogens with zero attached hydrogens (tertiary/aromatic N) is 4. The Bertz CT molecular complexity index is 401. The third kappa shape index (κ3) is 2.98. The average molecular weight is 253 g/mol. The Balaban J connectivity index is 2.16. The molecule has 2 rings (SSSR count). The fourth-order valence-corrected chi connectivity index (χ4v) is 2.01. The van der Waals surface area contributed by atoms with Gasteiger partial charge in [0.2, 0.25) is 11.9 Å². The maximum atomic E-state index is 5.66. The van der Waals surface area contributed by atoms with Gasteiger partial charge < -0.3 is 20.1 Å². The van der Waals surface area contributed by atoms with Crippen molar-refractivity contribution < 1.29 is 9.47 Å². The number of rotatable bonds is 4. The van der Waals surface area contributed by atoms with Gasteiger partial charge in [0.25, 0.3) is 0 Å². The van der Waals surface area contributed by atoms with E-state index in [1.807, 2.05) is 6.92 Å². The number of piperidine rings is 1. The van der Waals surface area contributed by atoms with Crippen LogP contribution in [0.15, 0.2) is 0 Å². The Morgan fingerprint density at radius 1 is 1.39 bits per heavy atom. The van der Waals surface area contributed by atoms with Gasteiger partial charge in [-0.1, -0.05) is 0 Å². The fourth-order valence-electron chi connectivity index (χ4n) is 2.01. The summed E-state index contributed by atoms with van der Waals surface area (Å²) in [6, 6.07) is 0.277. The molecule has 0 radical (unpaired) electrons. The summed E-state index contributed by atoms with van der Waals surface area (Å²) >= 11 is 0. The van der Waals surface area contributed by atoms with Crippen LogP contribution in [-0.2, 0) is 4.74 Å². The first-order chi connectivity index (χ1) is 8.72. The zero-order valence-corrected chi connectivity index (χ0v) is 10.8. The van der Waals surface area contributed by atoms with E-state index >= 15 is 0 Å². The van der Waals surface area contributed by atoms with Crippen LogP contribution in [0.2, 0.25) is 0 Å². The van der Waals surface area contributed by atoms with Gasteiger partial charge in [-0.05, 0) is 19.8 Å². The number of hydrogen-bond acceptors (Lipinski definition) is 7. The molecule has 0 aliphatic carbocycles. The highest BCUT2D eigenvalue weighted by molar-refractivity contribution is 5.36. The number of ether oxygens (including phenoxy) is 2. The van der Waals surface area contributed by atoms with Crippen LogP contribution >= 0.6 is 0 Å². The second kappa shape index (κ2) is 5.81. The Labute approximate surface area is 106 Å². The zero-order chi connectivity index (χ0) is 13.0. The minimum atomic E-state index is 0.183. The van der Waals surface area contributed by atoms with Gasteiger partial charge in [0.05, 0.1) is 12.7 Å². The second-order valence-electron chi connectivity index (χ2n) is 4.16. The largest absolute Gasteiger partial charge is 0.464 e. The molecule has 0 bridgehead atoms. The summed E-state index contributed by atoms with van der Waals surface area (Å²) in [6.45, 7) is 4.05. The summed E-state index contributed by atoms with van der Waals surface area (Å²) in [6.07, 6.45) is 2.33. The molecule has 100 valence electrons. The smallest absolute Gasteiger partial charge is 0.323 e. The predicted molar refractivity (Wildman–Crippen MR) is 67.7 cm³/mol. The Morgan fingerprint density at radius 2 is 2.22 bits per heavy atom. The van der Waals surface area contributed by atoms with E-state index in [4.69, 9.17) is 15.2 Å². The van der Waals surface area contributed by atoms with Gasteiger partial charge in [-0.3, -0.25) is 0 Å². The highest BCUT2D eigenvalue weighted by atomic mass is 16.5. The molecule has 7 nitrogen and oxygen atoms in total. The van der Waals surface area contributed by atoms with Crippen molar-refractivity contribution in [1.82, 2.24) is 15.0 Å². The molecular weight excluding hydrogens is 234 g/mol. The summed E-state index contributed by atoms with van der Waals surface area (Å²) in [5, 5.41) is 0. The minimum Gasteiger partial charge on any atom is -0.464 e. The van der Waals surface area contributed by atoms with Gasteiger partial charge in [-0.25, -0.2) is 0 Å². The summed E-state index contributed by atoms with van der Waals surface area (Å²) in [4.78, 5) is 14.4. The highest BCUT2D eigenvalue weighted by Gasteiger charge is 2.22. The van der Waals surface area contributed by atoms with Crippen LogP contribution < -0.4 is 15.4 Å². The second-order valence-corrected chi connectivity index (χ2v) is 4.16. The number of nitrogen functional groups attached to an aromatic ring is 1. The van der Waals surface area contributed by atoms with E-state index in [1.165, 1.54) is 0 Å². The van der Waals surface area contributed by atoms with Crippen molar-refractivity contribution in [3.05, 3.63) is 0 Å². The Kier molecular flexibility index (Phi) is 4.14. The van der Waals surface area contributed by atoms with Crippen LogP contribution in [0.25, 0.3) is 0 Å². The monoisotopic (exact) mass is 253 g/mol. The molecule has 1 aromatic heterocycles. The average Bonchev–Trinajstić information content (AvgIpc) is 2.38. The van der Waals surface area contributed by atoms with Crippen LogP contribution in [0.1, 0.15) is 19.8 Å². The molecule has 1 fully saturated rings. The third-order valence-electron chi connectivity index (χ3n) is 2.89. The van der Waals surface area contributed by atoms with Crippen molar-refractivity contribution in [1.29, 1.82) is 0 Å². The van der Waals surface area contributed by atoms with Gasteiger partial charge in [0, 0.05) is 20.2 Å². The topological polar surface area (TPSA) is 86.4 Å². The lowest BCUT2D eigenvalue weighted by Gasteiger charge is -2.31. The number of anilines is 2. The molecular formula is C11H19N5O2. The van der Waals surface area contributed by atoms with Gasteiger partial charge in [0.1, 0.15) is 0 Å². The van der Waals surface area contributed by atoms with Crippen LogP contribution in [-0.4, -0.2) is 47.9 Å². The Morgan fingerprint density at radius 3 is 2.94 bits per heavy atom. The third-order valence-corrected chi connectivity index (χ3v) is 2.89. The molecule has 1 aliphatic heterocycles. The van der Waals surface area contributed by atoms with Crippen LogP contribution in [0, 0.1) is 0 Å². The molecule has 1 saturated heterocycles. The van der Waals surface area contributed by atoms with E-state index in [-0.39, 0.29) is 18.1 Å². The van der Waals surface area contributed by atoms with E-state index in [0.29, 0.717) is 12.6 Å². The molecule has 2 heterocycles. The van der Waals surface area contributed by atoms with Gasteiger partial charge >= 0.3 is 6.01 Å². The molecule has 0 amide bonds. The Hall–Kier alpha value is -1.63. The molecule has 18 heavy (non-hydrogen) atoms. The van der Waals surface area contributed by atoms with Gasteiger partial charge in [-0.15, -0.1) is 0 Å². The standard InChI is InChI=1S/C11H19N5O2/c1-3-18-11-14-9(12)13-10(15-11)16-6-4-5-8(7-16)17-2/h8H,3-7H2,1-2H3,(H2,12,13,14,15). The van der Waals surface area contributed by atoms with E-state index in [1.54, 1.807) is 7.11 Å². The molecule has 7 heteroatoms. The molecule has 0 spiro atoms. The number of nitrogens with two attached hydrogens (primary N) is 1. The van der Waals surface area contributed by atoms with Crippen molar-refractivity contribution >= 4 is 11.9 Å². The molecule has 1 aromatic rings. The highest BCUT2D eigenvalue weighted by Crippen LogP contribution is 2.19. The van der Waals surface area contributed by atoms with Crippen molar-refractivity contribution in [3.63, 3.8) is 0 Å². The maximum absolute atomic E-state index is 5.66. The molecule has 1 atom stereocenters. The first kappa shape index (κ1) is 12.8. The van der Waals surface area contributed by atoms with Crippen LogP contribution in [0.3, 0.4) is 0 Å². The van der Waals surface area contributed by atoms with E-state index < -0.39 is 0 Å². The molecule has 1 unspecified atom stereocenters. The van der Waals surface area contributed by atoms with Crippen LogP contribution in [0.5, 0.6) is 6.01 Å². The summed E-state index contributed by atoms with van der Waals surface area (Å²) in [7, 11) is 1.72. The van der Waals surface area contributed by atoms with Crippen molar-refractivity contribution in [2.24, 2.45) is 0 Å². The van der Waals surface area contributed by atoms with E-state index in [9.17, 15) is 0 Å². The van der Waals surface area contributed by atoms with Crippen molar-refractivity contribution in [2.45, 2.75) is 25.9 Å². The lowest BCUT2D eigenvalue weighted by Crippen LogP contribution is -2.40. The SMILES string of the molecule is CCOc1nc(N)nc(N2CCCC(OC)C2)n1. The number of hydrogen-bond donors (Lipinski definition) is 1. The lowest BCUT2D eigenvalue weighted by molar-refractivity contribution is 0.0888. The molecule has 0 aromatic carbocycles. The lowest BCUT2D eigenvalue weighted by atomic mass is 10.1. The van der Waals surface area contributed by atoms with E-state index in [2.05, 4.69) is 19.9 Å². The van der Waals surface area contributed by atoms with E-state index in [0.717, 1.165) is 25.9 Å². The summed E-state index contributed by atoms with van der Waals surface area (Å²) in [5.74, 6) is 0.746. The maximum Gasteiger partial charge on any atom is 0.323 e. The zero-order valence-electron chi connectivity index (χ0n) is 10.8. The van der Waals surface area contributed by atoms with Gasteiger partial charge in [0.15, 0.2) is 0 Å². The fraction of sp³-hybridized carbons (Fsp3) is 0.727. The van der Waals surface area contributed by atoms with Gasteiger partial charge in [-0.2, -0.15) is 15.0 Å². The first-order valence-corrected chi connectivity index (χ1v) is 6.15. The molecule has 2 N–H and O–H groups in total. The van der Waals surface area contributed by atoms with Crippen molar-refractivity contribution in [2.75, 3.05) is 37.4 Å². The van der Waals surface area contributed by atoms with Crippen molar-refractivity contribution in [3.8, 4) is 6.01 Å². The molecule has 0 saturated carbocycles. The predicted octanol–water partition coefficient (Wildman–Crippen LogP) is 0.468. The first-order valence-electron chi connectivity index (χ1n) is 6.15. The van der Waals surface area contributed by atoms with Crippen LogP contribution in [0.4, 0.5) is 11.9 Å². The quantitative estimate of drug-likeness (QED) is 0.834. The summed E-state index contributed by atoms with van der Waals surface area (Å²) in [5.41, 5.74) is 5.66. The normalized spacial score (nSPS) is 19.9. The minimum absolute atomic E-state index is 0.183. The summed E-state index contributed by atoms with van der Waals surface area (Å²) < 4.78 is 10.6. The molecule has 1 aliphatic rings. The number of aromatic nitrogens is 3.